The van der Waals surface area contributed by atoms with Crippen LogP contribution in [0.4, 0.5) is 5.69 Å². The molecule has 22 heavy (non-hydrogen) atoms. The van der Waals surface area contributed by atoms with Crippen LogP contribution in [0, 0.1) is 11.3 Å². The summed E-state index contributed by atoms with van der Waals surface area (Å²) in [4.78, 5) is 0. The van der Waals surface area contributed by atoms with Gasteiger partial charge < -0.3 is 5.11 Å². The summed E-state index contributed by atoms with van der Waals surface area (Å²) >= 11 is 6.47. The minimum atomic E-state index is -0.218. The van der Waals surface area contributed by atoms with Crippen molar-refractivity contribution in [2.45, 2.75) is 0 Å². The van der Waals surface area contributed by atoms with E-state index >= 15 is 0 Å². The van der Waals surface area contributed by atoms with Gasteiger partial charge in [-0.25, -0.2) is 0 Å². The minimum Gasteiger partial charge on any atom is -0.871 e. The Labute approximate surface area is 143 Å². The maximum absolute atomic E-state index is 12.1. The summed E-state index contributed by atoms with van der Waals surface area (Å²) in [6.45, 7) is 0. The molecule has 0 amide bonds. The van der Waals surface area contributed by atoms with Crippen LogP contribution in [0.15, 0.2) is 45.3 Å². The van der Waals surface area contributed by atoms with Crippen molar-refractivity contribution >= 4 is 49.2 Å². The van der Waals surface area contributed by atoms with Crippen molar-refractivity contribution in [1.29, 1.82) is 5.26 Å². The molecular formula is C15H9Br2N2O3-. The largest absolute Gasteiger partial charge is 0.871 e. The van der Waals surface area contributed by atoms with Gasteiger partial charge in [0.2, 0.25) is 0 Å². The van der Waals surface area contributed by atoms with E-state index in [0.29, 0.717) is 20.1 Å². The van der Waals surface area contributed by atoms with Gasteiger partial charge >= 0.3 is 0 Å². The molecule has 0 fully saturated rings. The smallest absolute Gasteiger partial charge is 0.0998 e. The zero-order valence-corrected chi connectivity index (χ0v) is 14.2. The van der Waals surface area contributed by atoms with Crippen molar-refractivity contribution in [1.82, 2.24) is 0 Å². The van der Waals surface area contributed by atoms with E-state index in [1.165, 1.54) is 18.2 Å². The third-order valence-corrected chi connectivity index (χ3v) is 3.91. The number of rotatable bonds is 3. The standard InChI is InChI=1S/C15H10Br2N2O3/c16-12-6-10(15(20)14(17)7-12)5-11(8-18)9-1-3-13(4-2-9)19(21)22/h1-7,20-22H/p-1. The van der Waals surface area contributed by atoms with Gasteiger partial charge in [-0.1, -0.05) is 49.7 Å². The molecule has 0 spiro atoms. The Bertz CT molecular complexity index is 766. The van der Waals surface area contributed by atoms with Crippen LogP contribution < -0.4 is 10.3 Å². The highest BCUT2D eigenvalue weighted by Crippen LogP contribution is 2.32. The zero-order chi connectivity index (χ0) is 16.3. The third kappa shape index (κ3) is 3.67. The fourth-order valence-electron chi connectivity index (χ4n) is 1.80. The molecule has 2 rings (SSSR count). The Morgan fingerprint density at radius 1 is 1.18 bits per heavy atom. The number of halogens is 2. The van der Waals surface area contributed by atoms with Gasteiger partial charge in [0.05, 0.1) is 17.3 Å². The van der Waals surface area contributed by atoms with Crippen molar-refractivity contribution in [2.75, 3.05) is 5.23 Å². The van der Waals surface area contributed by atoms with E-state index in [0.717, 1.165) is 0 Å². The minimum absolute atomic E-state index is 0.0132. The first-order valence-electron chi connectivity index (χ1n) is 5.98. The van der Waals surface area contributed by atoms with Gasteiger partial charge in [-0.3, -0.25) is 10.4 Å². The first-order chi connectivity index (χ1) is 10.4. The van der Waals surface area contributed by atoms with Crippen LogP contribution in [-0.4, -0.2) is 10.4 Å². The van der Waals surface area contributed by atoms with Crippen molar-refractivity contribution < 1.29 is 15.5 Å². The van der Waals surface area contributed by atoms with Crippen molar-refractivity contribution in [3.05, 3.63) is 56.5 Å². The lowest BCUT2D eigenvalue weighted by Crippen LogP contribution is -2.10. The molecule has 0 aliphatic carbocycles. The summed E-state index contributed by atoms with van der Waals surface area (Å²) in [5, 5.41) is 39.1. The van der Waals surface area contributed by atoms with E-state index in [2.05, 4.69) is 31.9 Å². The highest BCUT2D eigenvalue weighted by atomic mass is 79.9. The lowest BCUT2D eigenvalue weighted by Gasteiger charge is -2.14. The third-order valence-electron chi connectivity index (χ3n) is 2.87. The summed E-state index contributed by atoms with van der Waals surface area (Å²) in [5.74, 6) is -0.218. The Hall–Kier alpha value is -1.85. The quantitative estimate of drug-likeness (QED) is 0.442. The molecule has 0 aliphatic rings. The van der Waals surface area contributed by atoms with Gasteiger partial charge in [-0.15, -0.1) is 5.23 Å². The first kappa shape index (κ1) is 16.5. The highest BCUT2D eigenvalue weighted by molar-refractivity contribution is 9.11. The molecule has 2 aromatic rings. The number of hydrogen-bond donors (Lipinski definition) is 2. The monoisotopic (exact) mass is 423 g/mol. The normalized spacial score (nSPS) is 11.1. The second-order valence-electron chi connectivity index (χ2n) is 4.31. The number of benzene rings is 2. The van der Waals surface area contributed by atoms with Gasteiger partial charge in [0.1, 0.15) is 0 Å². The lowest BCUT2D eigenvalue weighted by atomic mass is 10.0. The van der Waals surface area contributed by atoms with Crippen LogP contribution in [0.1, 0.15) is 11.1 Å². The molecule has 0 bridgehead atoms. The number of nitriles is 1. The second kappa shape index (κ2) is 6.94. The van der Waals surface area contributed by atoms with Crippen LogP contribution in [0.5, 0.6) is 5.75 Å². The Morgan fingerprint density at radius 3 is 2.36 bits per heavy atom. The topological polar surface area (TPSA) is 90.5 Å². The summed E-state index contributed by atoms with van der Waals surface area (Å²) in [7, 11) is 0. The second-order valence-corrected chi connectivity index (χ2v) is 6.08. The van der Waals surface area contributed by atoms with Crippen LogP contribution in [0.25, 0.3) is 11.6 Å². The van der Waals surface area contributed by atoms with E-state index in [-0.39, 0.29) is 22.2 Å². The fraction of sp³-hybridized carbons (Fsp3) is 0. The average molecular weight is 425 g/mol. The molecule has 2 N–H and O–H groups in total. The predicted octanol–water partition coefficient (Wildman–Crippen LogP) is 3.93. The van der Waals surface area contributed by atoms with Gasteiger partial charge in [0.15, 0.2) is 0 Å². The first-order valence-corrected chi connectivity index (χ1v) is 7.57. The number of anilines is 1. The molecule has 0 saturated carbocycles. The molecule has 0 aromatic heterocycles. The van der Waals surface area contributed by atoms with Gasteiger partial charge in [0, 0.05) is 8.95 Å². The SMILES string of the molecule is N#CC(=Cc1cc(Br)cc(Br)c1[O-])c1ccc(N(O)O)cc1. The van der Waals surface area contributed by atoms with E-state index in [1.807, 2.05) is 6.07 Å². The molecule has 0 saturated heterocycles. The maximum atomic E-state index is 12.1. The Morgan fingerprint density at radius 2 is 1.82 bits per heavy atom. The predicted molar refractivity (Wildman–Crippen MR) is 87.3 cm³/mol. The zero-order valence-electron chi connectivity index (χ0n) is 11.0. The molecule has 2 aromatic carbocycles. The number of nitrogens with zero attached hydrogens (tertiary/aromatic N) is 2. The average Bonchev–Trinajstić information content (AvgIpc) is 2.49. The summed E-state index contributed by atoms with van der Waals surface area (Å²) < 4.78 is 1.12. The molecule has 7 heteroatoms. The van der Waals surface area contributed by atoms with Crippen molar-refractivity contribution in [3.8, 4) is 11.8 Å². The van der Waals surface area contributed by atoms with Crippen LogP contribution in [0.2, 0.25) is 0 Å². The molecule has 0 heterocycles. The summed E-state index contributed by atoms with van der Waals surface area (Å²) in [6.07, 6.45) is 1.49. The van der Waals surface area contributed by atoms with Gasteiger partial charge in [0.25, 0.3) is 0 Å². The maximum Gasteiger partial charge on any atom is 0.0998 e. The molecule has 0 radical (unpaired) electrons. The Balaban J connectivity index is 2.46. The van der Waals surface area contributed by atoms with E-state index in [9.17, 15) is 10.4 Å². The lowest BCUT2D eigenvalue weighted by molar-refractivity contribution is -0.269. The Kier molecular flexibility index (Phi) is 5.21. The summed E-state index contributed by atoms with van der Waals surface area (Å²) in [6, 6.07) is 11.3. The van der Waals surface area contributed by atoms with Gasteiger partial charge in [-0.2, -0.15) is 5.26 Å². The molecule has 5 nitrogen and oxygen atoms in total. The van der Waals surface area contributed by atoms with Crippen molar-refractivity contribution in [2.24, 2.45) is 0 Å². The van der Waals surface area contributed by atoms with E-state index in [1.54, 1.807) is 24.3 Å². The van der Waals surface area contributed by atoms with Crippen molar-refractivity contribution in [3.63, 3.8) is 0 Å². The molecule has 112 valence electrons. The van der Waals surface area contributed by atoms with Crippen LogP contribution in [0.3, 0.4) is 0 Å². The van der Waals surface area contributed by atoms with Gasteiger partial charge in [-0.05, 0) is 41.5 Å². The van der Waals surface area contributed by atoms with Crippen LogP contribution >= 0.6 is 31.9 Å². The van der Waals surface area contributed by atoms with E-state index in [4.69, 9.17) is 10.4 Å². The van der Waals surface area contributed by atoms with E-state index < -0.39 is 0 Å². The molecule has 0 atom stereocenters. The molecule has 0 aliphatic heterocycles. The molecule has 0 unspecified atom stereocenters. The fourth-order valence-corrected chi connectivity index (χ4v) is 3.06. The summed E-state index contributed by atoms with van der Waals surface area (Å²) in [5.41, 5.74) is 1.38. The molecular weight excluding hydrogens is 416 g/mol. The highest BCUT2D eigenvalue weighted by Gasteiger charge is 2.05. The number of allylic oxidation sites excluding steroid dienone is 1. The van der Waals surface area contributed by atoms with Crippen LogP contribution in [-0.2, 0) is 0 Å². The number of hydrogen-bond acceptors (Lipinski definition) is 5.